The molecule has 1 rings (SSSR count). The minimum absolute atomic E-state index is 0.417. The van der Waals surface area contributed by atoms with E-state index in [1.165, 1.54) is 0 Å². The lowest BCUT2D eigenvalue weighted by molar-refractivity contribution is 0.110. The number of nitrogen functional groups attached to an aromatic ring is 3. The molecule has 84 valence electrons. The number of hydrogen-bond acceptors (Lipinski definition) is 5. The van der Waals surface area contributed by atoms with Gasteiger partial charge >= 0.3 is 0 Å². The Morgan fingerprint density at radius 2 is 1.87 bits per heavy atom. The Hall–Kier alpha value is -1.62. The third-order valence-corrected chi connectivity index (χ3v) is 1.89. The molecule has 1 aromatic carbocycles. The van der Waals surface area contributed by atoms with Crippen molar-refractivity contribution in [1.29, 1.82) is 0 Å². The molecule has 0 saturated carbocycles. The molecule has 6 N–H and O–H groups in total. The van der Waals surface area contributed by atoms with Crippen LogP contribution in [-0.4, -0.2) is 19.8 Å². The van der Waals surface area contributed by atoms with Crippen molar-refractivity contribution in [3.8, 4) is 5.75 Å². The molecule has 0 amide bonds. The summed E-state index contributed by atoms with van der Waals surface area (Å²) in [4.78, 5) is 0. The summed E-state index contributed by atoms with van der Waals surface area (Å²) in [5, 5.41) is 0. The molecule has 0 aliphatic carbocycles. The van der Waals surface area contributed by atoms with Gasteiger partial charge in [0.1, 0.15) is 12.4 Å². The molecule has 0 fully saturated rings. The zero-order valence-electron chi connectivity index (χ0n) is 8.82. The highest BCUT2D eigenvalue weighted by atomic mass is 16.5. The monoisotopic (exact) mass is 211 g/mol. The Balaban J connectivity index is 2.60. The molecule has 0 aromatic heterocycles. The van der Waals surface area contributed by atoms with E-state index in [1.54, 1.807) is 12.1 Å². The Morgan fingerprint density at radius 1 is 1.13 bits per heavy atom. The van der Waals surface area contributed by atoms with Crippen molar-refractivity contribution in [3.05, 3.63) is 12.1 Å². The van der Waals surface area contributed by atoms with Crippen LogP contribution >= 0.6 is 0 Å². The van der Waals surface area contributed by atoms with Crippen molar-refractivity contribution in [2.75, 3.05) is 37.0 Å². The van der Waals surface area contributed by atoms with Gasteiger partial charge in [0.05, 0.1) is 18.0 Å². The van der Waals surface area contributed by atoms with Gasteiger partial charge in [0.2, 0.25) is 0 Å². The normalized spacial score (nSPS) is 10.2. The van der Waals surface area contributed by atoms with Crippen LogP contribution in [0.5, 0.6) is 5.75 Å². The van der Waals surface area contributed by atoms with Gasteiger partial charge in [-0.05, 0) is 13.0 Å². The molecular weight excluding hydrogens is 194 g/mol. The molecule has 5 nitrogen and oxygen atoms in total. The number of anilines is 3. The van der Waals surface area contributed by atoms with Crippen LogP contribution in [-0.2, 0) is 4.74 Å². The summed E-state index contributed by atoms with van der Waals surface area (Å²) in [5.74, 6) is 0.507. The van der Waals surface area contributed by atoms with E-state index >= 15 is 0 Å². The minimum atomic E-state index is 0.417. The molecule has 0 aliphatic rings. The molecule has 15 heavy (non-hydrogen) atoms. The predicted molar refractivity (Wildman–Crippen MR) is 61.7 cm³/mol. The summed E-state index contributed by atoms with van der Waals surface area (Å²) in [6.45, 7) is 3.54. The fourth-order valence-electron chi connectivity index (χ4n) is 1.14. The van der Waals surface area contributed by atoms with E-state index in [4.69, 9.17) is 26.7 Å². The quantitative estimate of drug-likeness (QED) is 0.495. The molecule has 1 aromatic rings. The molecule has 0 saturated heterocycles. The fraction of sp³-hybridized carbons (Fsp3) is 0.400. The molecule has 5 heteroatoms. The van der Waals surface area contributed by atoms with Crippen molar-refractivity contribution in [2.24, 2.45) is 0 Å². The zero-order chi connectivity index (χ0) is 11.3. The molecule has 0 radical (unpaired) electrons. The van der Waals surface area contributed by atoms with Crippen LogP contribution in [0.3, 0.4) is 0 Å². The van der Waals surface area contributed by atoms with Crippen LogP contribution in [0.25, 0.3) is 0 Å². The van der Waals surface area contributed by atoms with Crippen molar-refractivity contribution in [1.82, 2.24) is 0 Å². The standard InChI is InChI=1S/C10H17N3O2/c1-2-14-3-4-15-9-6-7(11)5-8(12)10(9)13/h5-6H,2-4,11-13H2,1H3. The number of rotatable bonds is 5. The lowest BCUT2D eigenvalue weighted by atomic mass is 10.2. The summed E-state index contributed by atoms with van der Waals surface area (Å²) in [7, 11) is 0. The highest BCUT2D eigenvalue weighted by Gasteiger charge is 2.05. The van der Waals surface area contributed by atoms with E-state index < -0.39 is 0 Å². The van der Waals surface area contributed by atoms with Gasteiger partial charge in [0, 0.05) is 18.4 Å². The Bertz CT molecular complexity index is 329. The Kier molecular flexibility index (Phi) is 4.05. The predicted octanol–water partition coefficient (Wildman–Crippen LogP) is 0.849. The van der Waals surface area contributed by atoms with Crippen LogP contribution in [0.2, 0.25) is 0 Å². The summed E-state index contributed by atoms with van der Waals surface area (Å²) in [5.41, 5.74) is 18.4. The van der Waals surface area contributed by atoms with Crippen molar-refractivity contribution in [3.63, 3.8) is 0 Å². The van der Waals surface area contributed by atoms with Gasteiger partial charge in [-0.1, -0.05) is 0 Å². The molecule has 0 bridgehead atoms. The number of hydrogen-bond donors (Lipinski definition) is 3. The van der Waals surface area contributed by atoms with Crippen molar-refractivity contribution in [2.45, 2.75) is 6.92 Å². The van der Waals surface area contributed by atoms with Crippen LogP contribution < -0.4 is 21.9 Å². The van der Waals surface area contributed by atoms with Gasteiger partial charge in [-0.15, -0.1) is 0 Å². The van der Waals surface area contributed by atoms with Crippen LogP contribution in [0.4, 0.5) is 17.1 Å². The highest BCUT2D eigenvalue weighted by molar-refractivity contribution is 5.75. The molecule has 0 aliphatic heterocycles. The SMILES string of the molecule is CCOCCOc1cc(N)cc(N)c1N. The van der Waals surface area contributed by atoms with Gasteiger partial charge in [0.25, 0.3) is 0 Å². The smallest absolute Gasteiger partial charge is 0.146 e. The van der Waals surface area contributed by atoms with Gasteiger partial charge in [-0.25, -0.2) is 0 Å². The van der Waals surface area contributed by atoms with E-state index in [9.17, 15) is 0 Å². The first kappa shape index (κ1) is 11.5. The maximum absolute atomic E-state index is 5.72. The average molecular weight is 211 g/mol. The van der Waals surface area contributed by atoms with E-state index in [0.29, 0.717) is 42.6 Å². The molecule has 0 atom stereocenters. The number of benzene rings is 1. The summed E-state index contributed by atoms with van der Waals surface area (Å²) in [6.07, 6.45) is 0. The topological polar surface area (TPSA) is 96.5 Å². The first-order valence-electron chi connectivity index (χ1n) is 4.80. The van der Waals surface area contributed by atoms with Crippen molar-refractivity contribution >= 4 is 17.1 Å². The van der Waals surface area contributed by atoms with Crippen molar-refractivity contribution < 1.29 is 9.47 Å². The molecular formula is C10H17N3O2. The third kappa shape index (κ3) is 3.21. The first-order valence-corrected chi connectivity index (χ1v) is 4.80. The lowest BCUT2D eigenvalue weighted by Crippen LogP contribution is -2.09. The van der Waals surface area contributed by atoms with E-state index in [2.05, 4.69) is 0 Å². The van der Waals surface area contributed by atoms with Crippen LogP contribution in [0.15, 0.2) is 12.1 Å². The third-order valence-electron chi connectivity index (χ3n) is 1.89. The number of ether oxygens (including phenoxy) is 2. The van der Waals surface area contributed by atoms with Gasteiger partial charge in [-0.2, -0.15) is 0 Å². The van der Waals surface area contributed by atoms with E-state index in [-0.39, 0.29) is 0 Å². The van der Waals surface area contributed by atoms with Gasteiger partial charge in [0.15, 0.2) is 0 Å². The van der Waals surface area contributed by atoms with Crippen LogP contribution in [0.1, 0.15) is 6.92 Å². The maximum atomic E-state index is 5.72. The highest BCUT2D eigenvalue weighted by Crippen LogP contribution is 2.30. The second kappa shape index (κ2) is 5.31. The largest absolute Gasteiger partial charge is 0.489 e. The fourth-order valence-corrected chi connectivity index (χ4v) is 1.14. The van der Waals surface area contributed by atoms with Crippen LogP contribution in [0, 0.1) is 0 Å². The second-order valence-electron chi connectivity index (χ2n) is 3.07. The first-order chi connectivity index (χ1) is 7.15. The summed E-state index contributed by atoms with van der Waals surface area (Å²) in [6, 6.07) is 3.25. The maximum Gasteiger partial charge on any atom is 0.146 e. The summed E-state index contributed by atoms with van der Waals surface area (Å²) >= 11 is 0. The van der Waals surface area contributed by atoms with Gasteiger partial charge in [-0.3, -0.25) is 0 Å². The average Bonchev–Trinajstić information content (AvgIpc) is 2.19. The number of nitrogens with two attached hydrogens (primary N) is 3. The minimum Gasteiger partial charge on any atom is -0.489 e. The molecule has 0 spiro atoms. The lowest BCUT2D eigenvalue weighted by Gasteiger charge is -2.11. The second-order valence-corrected chi connectivity index (χ2v) is 3.07. The zero-order valence-corrected chi connectivity index (χ0v) is 8.82. The molecule has 0 unspecified atom stereocenters. The Labute approximate surface area is 89.1 Å². The molecule has 0 heterocycles. The van der Waals surface area contributed by atoms with Gasteiger partial charge < -0.3 is 26.7 Å². The van der Waals surface area contributed by atoms with E-state index in [0.717, 1.165) is 0 Å². The van der Waals surface area contributed by atoms with E-state index in [1.807, 2.05) is 6.92 Å². The Morgan fingerprint density at radius 3 is 2.53 bits per heavy atom. The summed E-state index contributed by atoms with van der Waals surface area (Å²) < 4.78 is 10.5.